The minimum absolute atomic E-state index is 0. The molecule has 3 nitrogen and oxygen atoms in total. The monoisotopic (exact) mass is 685 g/mol. The summed E-state index contributed by atoms with van der Waals surface area (Å²) >= 11 is 0. The van der Waals surface area contributed by atoms with E-state index in [1.165, 1.54) is 17.7 Å². The van der Waals surface area contributed by atoms with Crippen LogP contribution in [0.25, 0.3) is 55.6 Å². The molecule has 3 heterocycles. The minimum atomic E-state index is -0.278. The number of halogens is 1. The largest absolute Gasteiger partial charge is 0.501 e. The summed E-state index contributed by atoms with van der Waals surface area (Å²) in [6.45, 7) is 0. The first-order valence-corrected chi connectivity index (χ1v) is 12.2. The van der Waals surface area contributed by atoms with Crippen LogP contribution < -0.4 is 0 Å². The topological polar surface area (TPSA) is 38.9 Å². The zero-order chi connectivity index (χ0) is 25.7. The molecule has 0 fully saturated rings. The molecule has 1 radical (unpaired) electrons. The Balaban J connectivity index is 0.000000187. The Kier molecular flexibility index (Phi) is 8.02. The van der Waals surface area contributed by atoms with Crippen molar-refractivity contribution in [2.45, 2.75) is 0 Å². The van der Waals surface area contributed by atoms with E-state index in [-0.39, 0.29) is 25.9 Å². The van der Waals surface area contributed by atoms with Gasteiger partial charge in [0.05, 0.1) is 5.58 Å². The normalized spacial score (nSPS) is 10.5. The average Bonchev–Trinajstić information content (AvgIpc) is 3.37. The van der Waals surface area contributed by atoms with Gasteiger partial charge in [0.15, 0.2) is 0 Å². The Morgan fingerprint density at radius 2 is 1.38 bits per heavy atom. The fraction of sp³-hybridized carbons (Fsp3) is 0. The average molecular weight is 685 g/mol. The molecular formula is C34H21FIrN2O-2. The summed E-state index contributed by atoms with van der Waals surface area (Å²) in [6.07, 6.45) is 3.49. The van der Waals surface area contributed by atoms with Crippen molar-refractivity contribution in [3.05, 3.63) is 146 Å². The van der Waals surface area contributed by atoms with E-state index in [0.717, 1.165) is 50.0 Å². The molecule has 7 aromatic rings. The van der Waals surface area contributed by atoms with Gasteiger partial charge >= 0.3 is 0 Å². The van der Waals surface area contributed by atoms with Crippen molar-refractivity contribution in [1.82, 2.24) is 9.97 Å². The number of nitrogens with zero attached hydrogens (tertiary/aromatic N) is 2. The molecule has 0 spiro atoms. The summed E-state index contributed by atoms with van der Waals surface area (Å²) in [4.78, 5) is 8.57. The Morgan fingerprint density at radius 1 is 0.641 bits per heavy atom. The maximum Gasteiger partial charge on any atom is 0.121 e. The van der Waals surface area contributed by atoms with Gasteiger partial charge in [0, 0.05) is 43.7 Å². The number of pyridine rings is 2. The van der Waals surface area contributed by atoms with Gasteiger partial charge in [-0.1, -0.05) is 77.7 Å². The Hall–Kier alpha value is -4.44. The van der Waals surface area contributed by atoms with E-state index in [9.17, 15) is 4.39 Å². The number of furan rings is 1. The number of rotatable bonds is 3. The van der Waals surface area contributed by atoms with Crippen molar-refractivity contribution < 1.29 is 28.9 Å². The zero-order valence-corrected chi connectivity index (χ0v) is 23.0. The number of hydrogen-bond donors (Lipinski definition) is 0. The van der Waals surface area contributed by atoms with Gasteiger partial charge in [0.2, 0.25) is 0 Å². The van der Waals surface area contributed by atoms with E-state index < -0.39 is 0 Å². The fourth-order valence-corrected chi connectivity index (χ4v) is 4.34. The summed E-state index contributed by atoms with van der Waals surface area (Å²) in [6, 6.07) is 42.6. The predicted molar refractivity (Wildman–Crippen MR) is 150 cm³/mol. The molecule has 0 aliphatic carbocycles. The first-order valence-electron chi connectivity index (χ1n) is 12.2. The van der Waals surface area contributed by atoms with Crippen molar-refractivity contribution in [3.8, 4) is 33.6 Å². The Labute approximate surface area is 239 Å². The first-order chi connectivity index (χ1) is 18.8. The van der Waals surface area contributed by atoms with E-state index in [4.69, 9.17) is 4.42 Å². The second-order valence-corrected chi connectivity index (χ2v) is 8.63. The van der Waals surface area contributed by atoms with Crippen molar-refractivity contribution in [2.75, 3.05) is 0 Å². The quantitative estimate of drug-likeness (QED) is 0.175. The van der Waals surface area contributed by atoms with Crippen molar-refractivity contribution in [1.29, 1.82) is 0 Å². The molecule has 0 bridgehead atoms. The number of aromatic nitrogens is 2. The molecule has 3 aromatic heterocycles. The number of benzene rings is 4. The van der Waals surface area contributed by atoms with Gasteiger partial charge in [0.25, 0.3) is 0 Å². The van der Waals surface area contributed by atoms with Crippen LogP contribution in [0.3, 0.4) is 0 Å². The van der Waals surface area contributed by atoms with Crippen LogP contribution >= 0.6 is 0 Å². The third-order valence-corrected chi connectivity index (χ3v) is 6.18. The molecule has 191 valence electrons. The van der Waals surface area contributed by atoms with E-state index in [0.29, 0.717) is 0 Å². The SMILES string of the molecule is Fc1c[c-]c(-c2ccccn2)cc1.[Ir].[c-]1ccc2c(oc3cc(-c4ccccc4)ccc32)c1-c1ccccn1. The number of fused-ring (bicyclic) bond motifs is 3. The van der Waals surface area contributed by atoms with Crippen molar-refractivity contribution >= 4 is 21.9 Å². The standard InChI is InChI=1S/C23H14NO.C11H7FN.Ir/c1-2-7-16(8-3-1)17-12-13-18-19-9-6-10-20(21-11-4-5-14-24-21)23(19)25-22(18)15-17;12-10-6-4-9(5-7-10)11-3-1-2-8-13-11;/h1-9,11-15H;1-4,6-8H;/q2*-1;. The smallest absolute Gasteiger partial charge is 0.121 e. The summed E-state index contributed by atoms with van der Waals surface area (Å²) in [5.41, 5.74) is 7.43. The van der Waals surface area contributed by atoms with Crippen LogP contribution in [0, 0.1) is 17.9 Å². The molecule has 0 aliphatic rings. The summed E-state index contributed by atoms with van der Waals surface area (Å²) in [7, 11) is 0. The molecule has 5 heteroatoms. The summed E-state index contributed by atoms with van der Waals surface area (Å²) in [5.74, 6) is -0.278. The van der Waals surface area contributed by atoms with Crippen LogP contribution in [0.15, 0.2) is 132 Å². The Morgan fingerprint density at radius 3 is 2.08 bits per heavy atom. The first kappa shape index (κ1) is 26.2. The van der Waals surface area contributed by atoms with Crippen molar-refractivity contribution in [2.24, 2.45) is 0 Å². The molecule has 4 aromatic carbocycles. The molecule has 7 rings (SSSR count). The number of hydrogen-bond acceptors (Lipinski definition) is 3. The molecule has 0 amide bonds. The molecule has 0 atom stereocenters. The van der Waals surface area contributed by atoms with E-state index in [1.807, 2.05) is 60.7 Å². The van der Waals surface area contributed by atoms with Gasteiger partial charge in [-0.05, 0) is 40.7 Å². The van der Waals surface area contributed by atoms with Crippen LogP contribution in [0.1, 0.15) is 0 Å². The third-order valence-electron chi connectivity index (χ3n) is 6.18. The van der Waals surface area contributed by atoms with Crippen LogP contribution in [-0.4, -0.2) is 9.97 Å². The van der Waals surface area contributed by atoms with Crippen LogP contribution in [-0.2, 0) is 20.1 Å². The van der Waals surface area contributed by atoms with Gasteiger partial charge in [-0.2, -0.15) is 0 Å². The van der Waals surface area contributed by atoms with Crippen LogP contribution in [0.5, 0.6) is 0 Å². The second kappa shape index (κ2) is 12.0. The van der Waals surface area contributed by atoms with Gasteiger partial charge < -0.3 is 14.4 Å². The van der Waals surface area contributed by atoms with Crippen molar-refractivity contribution in [3.63, 3.8) is 0 Å². The second-order valence-electron chi connectivity index (χ2n) is 8.63. The predicted octanol–water partition coefficient (Wildman–Crippen LogP) is 8.80. The van der Waals surface area contributed by atoms with Gasteiger partial charge in [0.1, 0.15) is 5.58 Å². The van der Waals surface area contributed by atoms with Crippen LogP contribution in [0.4, 0.5) is 4.39 Å². The molecular weight excluding hydrogens is 664 g/mol. The molecule has 0 saturated carbocycles. The third kappa shape index (κ3) is 5.70. The molecule has 0 aliphatic heterocycles. The summed E-state index contributed by atoms with van der Waals surface area (Å²) < 4.78 is 18.8. The van der Waals surface area contributed by atoms with E-state index in [1.54, 1.807) is 18.5 Å². The fourth-order valence-electron chi connectivity index (χ4n) is 4.34. The Bertz CT molecular complexity index is 1800. The van der Waals surface area contributed by atoms with E-state index >= 15 is 0 Å². The molecule has 0 N–H and O–H groups in total. The van der Waals surface area contributed by atoms with Gasteiger partial charge in [-0.15, -0.1) is 48.0 Å². The van der Waals surface area contributed by atoms with E-state index in [2.05, 4.69) is 58.5 Å². The zero-order valence-electron chi connectivity index (χ0n) is 20.6. The summed E-state index contributed by atoms with van der Waals surface area (Å²) in [5, 5.41) is 2.20. The molecule has 0 unspecified atom stereocenters. The maximum atomic E-state index is 12.6. The van der Waals surface area contributed by atoms with Crippen LogP contribution in [0.2, 0.25) is 0 Å². The van der Waals surface area contributed by atoms with Gasteiger partial charge in [-0.25, -0.2) is 0 Å². The van der Waals surface area contributed by atoms with Gasteiger partial charge in [-0.3, -0.25) is 4.39 Å². The molecule has 39 heavy (non-hydrogen) atoms. The minimum Gasteiger partial charge on any atom is -0.501 e. The maximum absolute atomic E-state index is 12.6. The molecule has 0 saturated heterocycles.